The zero-order valence-corrected chi connectivity index (χ0v) is 22.0. The van der Waals surface area contributed by atoms with Crippen molar-refractivity contribution in [3.63, 3.8) is 0 Å². The second-order valence-electron chi connectivity index (χ2n) is 9.09. The zero-order valence-electron chi connectivity index (χ0n) is 20.4. The van der Waals surface area contributed by atoms with Crippen molar-refractivity contribution in [2.75, 3.05) is 11.4 Å². The first kappa shape index (κ1) is 24.7. The quantitative estimate of drug-likeness (QED) is 0.297. The Hall–Kier alpha value is -3.01. The lowest BCUT2D eigenvalue weighted by Gasteiger charge is -2.34. The summed E-state index contributed by atoms with van der Waals surface area (Å²) < 4.78 is 34.8. The highest BCUT2D eigenvalue weighted by molar-refractivity contribution is 7.89. The Balaban J connectivity index is 1.46. The number of nitrogens with zero attached hydrogens (tertiary/aromatic N) is 3. The molecule has 1 fully saturated rings. The topological polar surface area (TPSA) is 83.7 Å². The largest absolute Gasteiger partial charge is 0.467 e. The van der Waals surface area contributed by atoms with Gasteiger partial charge in [-0.25, -0.2) is 13.4 Å². The fraction of sp³-hybridized carbons (Fsp3) is 0.333. The summed E-state index contributed by atoms with van der Waals surface area (Å²) in [7, 11) is -3.62. The molecule has 7 nitrogen and oxygen atoms in total. The lowest BCUT2D eigenvalue weighted by Crippen LogP contribution is -2.43. The highest BCUT2D eigenvalue weighted by Crippen LogP contribution is 2.33. The average Bonchev–Trinajstić information content (AvgIpc) is 3.57. The van der Waals surface area contributed by atoms with Gasteiger partial charge in [0.15, 0.2) is 5.13 Å². The van der Waals surface area contributed by atoms with E-state index < -0.39 is 10.0 Å². The lowest BCUT2D eigenvalue weighted by molar-refractivity contribution is 0.0983. The maximum Gasteiger partial charge on any atom is 0.260 e. The molecule has 1 amide bonds. The number of hydrogen-bond donors (Lipinski definition) is 0. The Morgan fingerprint density at radius 3 is 2.64 bits per heavy atom. The Bertz CT molecular complexity index is 1460. The molecule has 5 rings (SSSR count). The smallest absolute Gasteiger partial charge is 0.260 e. The summed E-state index contributed by atoms with van der Waals surface area (Å²) in [6, 6.07) is 15.8. The van der Waals surface area contributed by atoms with E-state index in [0.29, 0.717) is 23.0 Å². The van der Waals surface area contributed by atoms with Crippen molar-refractivity contribution in [3.05, 3.63) is 77.7 Å². The molecule has 1 aliphatic heterocycles. The highest BCUT2D eigenvalue weighted by Gasteiger charge is 2.32. The minimum absolute atomic E-state index is 0.0244. The zero-order chi connectivity index (χ0) is 25.3. The first-order chi connectivity index (χ1) is 17.4. The molecule has 0 aliphatic carbocycles. The molecule has 188 valence electrons. The van der Waals surface area contributed by atoms with Gasteiger partial charge >= 0.3 is 0 Å². The molecule has 2 aromatic heterocycles. The number of sulfonamides is 1. The number of piperidine rings is 1. The first-order valence-corrected chi connectivity index (χ1v) is 14.5. The molecular weight excluding hydrogens is 494 g/mol. The van der Waals surface area contributed by atoms with E-state index in [4.69, 9.17) is 9.40 Å². The van der Waals surface area contributed by atoms with Crippen LogP contribution in [0.3, 0.4) is 0 Å². The van der Waals surface area contributed by atoms with E-state index in [1.807, 2.05) is 38.1 Å². The normalized spacial score (nSPS) is 16.9. The predicted octanol–water partition coefficient (Wildman–Crippen LogP) is 6.00. The molecule has 0 saturated carbocycles. The van der Waals surface area contributed by atoms with Crippen molar-refractivity contribution in [1.29, 1.82) is 0 Å². The van der Waals surface area contributed by atoms with Crippen LogP contribution in [-0.2, 0) is 16.6 Å². The van der Waals surface area contributed by atoms with E-state index in [1.54, 1.807) is 33.7 Å². The molecule has 9 heteroatoms. The van der Waals surface area contributed by atoms with Gasteiger partial charge in [0.05, 0.1) is 27.9 Å². The number of furan rings is 1. The number of aryl methyl sites for hydroxylation is 1. The van der Waals surface area contributed by atoms with Gasteiger partial charge in [-0.15, -0.1) is 0 Å². The molecular formula is C27H29N3O4S2. The van der Waals surface area contributed by atoms with Crippen LogP contribution in [0.25, 0.3) is 10.2 Å². The minimum Gasteiger partial charge on any atom is -0.467 e. The monoisotopic (exact) mass is 523 g/mol. The van der Waals surface area contributed by atoms with Crippen LogP contribution in [0.15, 0.2) is 70.2 Å². The fourth-order valence-electron chi connectivity index (χ4n) is 4.73. The number of carbonyl (C=O) groups excluding carboxylic acids is 1. The summed E-state index contributed by atoms with van der Waals surface area (Å²) in [6.45, 7) is 4.78. The summed E-state index contributed by atoms with van der Waals surface area (Å²) in [6.07, 6.45) is 5.17. The van der Waals surface area contributed by atoms with Crippen molar-refractivity contribution in [2.24, 2.45) is 0 Å². The molecule has 1 unspecified atom stereocenters. The highest BCUT2D eigenvalue weighted by atomic mass is 32.2. The molecule has 1 saturated heterocycles. The molecule has 0 radical (unpaired) electrons. The summed E-state index contributed by atoms with van der Waals surface area (Å²) in [5.74, 6) is 0.366. The van der Waals surface area contributed by atoms with Gasteiger partial charge in [0.2, 0.25) is 10.0 Å². The van der Waals surface area contributed by atoms with Gasteiger partial charge in [-0.2, -0.15) is 4.31 Å². The lowest BCUT2D eigenvalue weighted by atomic mass is 10.0. The second-order valence-corrected chi connectivity index (χ2v) is 12.0. The van der Waals surface area contributed by atoms with Crippen LogP contribution >= 0.6 is 11.3 Å². The number of amides is 1. The van der Waals surface area contributed by atoms with Gasteiger partial charge < -0.3 is 4.42 Å². The number of aromatic nitrogens is 1. The minimum atomic E-state index is -3.62. The third-order valence-electron chi connectivity index (χ3n) is 6.73. The Morgan fingerprint density at radius 1 is 1.14 bits per heavy atom. The van der Waals surface area contributed by atoms with Gasteiger partial charge in [-0.05, 0) is 74.2 Å². The molecule has 0 bridgehead atoms. The summed E-state index contributed by atoms with van der Waals surface area (Å²) in [5, 5.41) is 0.566. The van der Waals surface area contributed by atoms with E-state index in [1.165, 1.54) is 23.5 Å². The van der Waals surface area contributed by atoms with Crippen LogP contribution in [0.5, 0.6) is 0 Å². The van der Waals surface area contributed by atoms with Gasteiger partial charge in [0.25, 0.3) is 5.91 Å². The maximum absolute atomic E-state index is 13.7. The Kier molecular flexibility index (Phi) is 6.96. The van der Waals surface area contributed by atoms with Crippen molar-refractivity contribution >= 4 is 42.6 Å². The number of hydrogen-bond acceptors (Lipinski definition) is 6. The van der Waals surface area contributed by atoms with Gasteiger partial charge in [0, 0.05) is 18.2 Å². The van der Waals surface area contributed by atoms with E-state index in [-0.39, 0.29) is 23.4 Å². The van der Waals surface area contributed by atoms with E-state index in [9.17, 15) is 13.2 Å². The standard InChI is InChI=1S/C27H29N3O4S2/c1-3-21-9-4-5-16-30(21)36(32,33)23-14-12-20(13-15-23)26(31)29(18-22-10-7-17-34-22)27-28-25-19(2)8-6-11-24(25)35-27/h6-8,10-15,17,21H,3-5,9,16,18H2,1-2H3. The van der Waals surface area contributed by atoms with Crippen LogP contribution in [0.2, 0.25) is 0 Å². The van der Waals surface area contributed by atoms with Crippen LogP contribution in [-0.4, -0.2) is 36.2 Å². The van der Waals surface area contributed by atoms with Crippen LogP contribution < -0.4 is 4.90 Å². The molecule has 2 aromatic carbocycles. The summed E-state index contributed by atoms with van der Waals surface area (Å²) >= 11 is 1.44. The number of fused-ring (bicyclic) bond motifs is 1. The number of carbonyl (C=O) groups is 1. The number of rotatable bonds is 7. The van der Waals surface area contributed by atoms with E-state index in [2.05, 4.69) is 0 Å². The average molecular weight is 524 g/mol. The third kappa shape index (κ3) is 4.70. The van der Waals surface area contributed by atoms with Crippen LogP contribution in [0, 0.1) is 6.92 Å². The SMILES string of the molecule is CCC1CCCCN1S(=O)(=O)c1ccc(C(=O)N(Cc2ccco2)c2nc3c(C)cccc3s2)cc1. The summed E-state index contributed by atoms with van der Waals surface area (Å²) in [5.41, 5.74) is 2.29. The fourth-order valence-corrected chi connectivity index (χ4v) is 7.54. The number of para-hydroxylation sites is 1. The number of anilines is 1. The number of thiazole rings is 1. The molecule has 3 heterocycles. The van der Waals surface area contributed by atoms with Crippen molar-refractivity contribution in [2.45, 2.75) is 57.0 Å². The van der Waals surface area contributed by atoms with Gasteiger partial charge in [0.1, 0.15) is 5.76 Å². The second kappa shape index (κ2) is 10.2. The molecule has 36 heavy (non-hydrogen) atoms. The van der Waals surface area contributed by atoms with Gasteiger partial charge in [-0.1, -0.05) is 36.8 Å². The van der Waals surface area contributed by atoms with Crippen LogP contribution in [0.4, 0.5) is 5.13 Å². The molecule has 4 aromatic rings. The van der Waals surface area contributed by atoms with Crippen LogP contribution in [0.1, 0.15) is 54.3 Å². The van der Waals surface area contributed by atoms with E-state index in [0.717, 1.165) is 41.5 Å². The first-order valence-electron chi connectivity index (χ1n) is 12.2. The van der Waals surface area contributed by atoms with E-state index >= 15 is 0 Å². The number of benzene rings is 2. The predicted molar refractivity (Wildman–Crippen MR) is 142 cm³/mol. The van der Waals surface area contributed by atoms with Gasteiger partial charge in [-0.3, -0.25) is 9.69 Å². The Morgan fingerprint density at radius 2 is 1.94 bits per heavy atom. The van der Waals surface area contributed by atoms with Crippen molar-refractivity contribution in [3.8, 4) is 0 Å². The molecule has 0 N–H and O–H groups in total. The van der Waals surface area contributed by atoms with Crippen molar-refractivity contribution in [1.82, 2.24) is 9.29 Å². The third-order valence-corrected chi connectivity index (χ3v) is 9.74. The molecule has 0 spiro atoms. The van der Waals surface area contributed by atoms with Crippen molar-refractivity contribution < 1.29 is 17.6 Å². The molecule has 1 atom stereocenters. The molecule has 1 aliphatic rings. The Labute approximate surface area is 215 Å². The maximum atomic E-state index is 13.7. The summed E-state index contributed by atoms with van der Waals surface area (Å²) in [4.78, 5) is 20.2.